The van der Waals surface area contributed by atoms with Gasteiger partial charge in [0.2, 0.25) is 0 Å². The summed E-state index contributed by atoms with van der Waals surface area (Å²) in [7, 11) is 1.53. The minimum absolute atomic E-state index is 0.0462. The molecule has 0 aliphatic rings. The summed E-state index contributed by atoms with van der Waals surface area (Å²) in [6.07, 6.45) is 3.88. The van der Waals surface area contributed by atoms with Gasteiger partial charge in [-0.1, -0.05) is 0 Å². The van der Waals surface area contributed by atoms with E-state index in [2.05, 4.69) is 10.1 Å². The van der Waals surface area contributed by atoms with E-state index in [0.29, 0.717) is 22.6 Å². The van der Waals surface area contributed by atoms with Gasteiger partial charge in [0, 0.05) is 29.4 Å². The van der Waals surface area contributed by atoms with Crippen molar-refractivity contribution in [1.82, 2.24) is 14.6 Å². The quantitative estimate of drug-likeness (QED) is 0.470. The number of ketones is 1. The van der Waals surface area contributed by atoms with E-state index in [4.69, 9.17) is 9.15 Å². The van der Waals surface area contributed by atoms with E-state index in [0.717, 1.165) is 33.7 Å². The molecule has 0 saturated carbocycles. The monoisotopic (exact) mass is 419 g/mol. The van der Waals surface area contributed by atoms with Crippen LogP contribution in [0.1, 0.15) is 44.9 Å². The highest BCUT2D eigenvalue weighted by Crippen LogP contribution is 2.36. The Morgan fingerprint density at radius 1 is 1.26 bits per heavy atom. The van der Waals surface area contributed by atoms with Crippen molar-refractivity contribution in [3.05, 3.63) is 74.7 Å². The lowest BCUT2D eigenvalue weighted by atomic mass is 9.98. The second-order valence-corrected chi connectivity index (χ2v) is 7.77. The Kier molecular flexibility index (Phi) is 5.27. The first-order valence-corrected chi connectivity index (χ1v) is 10.1. The number of furan rings is 1. The van der Waals surface area contributed by atoms with Crippen LogP contribution in [0.3, 0.4) is 0 Å². The fourth-order valence-electron chi connectivity index (χ4n) is 4.25. The first-order chi connectivity index (χ1) is 14.8. The van der Waals surface area contributed by atoms with Crippen molar-refractivity contribution in [1.29, 1.82) is 0 Å². The Morgan fingerprint density at radius 2 is 2.03 bits per heavy atom. The lowest BCUT2D eigenvalue weighted by Gasteiger charge is -2.08. The van der Waals surface area contributed by atoms with Gasteiger partial charge in [-0.05, 0) is 63.4 Å². The van der Waals surface area contributed by atoms with Crippen molar-refractivity contribution < 1.29 is 13.9 Å². The Balaban J connectivity index is 1.77. The number of H-pyrrole nitrogens is 1. The van der Waals surface area contributed by atoms with Crippen LogP contribution in [0.15, 0.2) is 39.9 Å². The number of Topliss-reactive ketones (excluding diaryl/α,β-unsaturated/α-hetero) is 1. The molecule has 7 nitrogen and oxygen atoms in total. The zero-order chi connectivity index (χ0) is 22.3. The van der Waals surface area contributed by atoms with Crippen molar-refractivity contribution in [3.8, 4) is 17.0 Å². The molecule has 7 heteroatoms. The zero-order valence-corrected chi connectivity index (χ0v) is 18.3. The second kappa shape index (κ2) is 7.91. The summed E-state index contributed by atoms with van der Waals surface area (Å²) in [5.74, 6) is 1.23. The van der Waals surface area contributed by atoms with Crippen LogP contribution in [0.2, 0.25) is 0 Å². The molecule has 0 amide bonds. The average Bonchev–Trinajstić information content (AvgIpc) is 3.21. The standard InChI is InChI=1S/C24H25N3O4/c1-13-12-31-16(4)21(13)23-15(3)22(18-7-6-10-25-27(18)23)19(28)9-8-17-20(30-5)11-14(2)26-24(17)29/h6-7,10-12H,8-9H2,1-5H3,(H,26,29). The molecule has 0 atom stereocenters. The lowest BCUT2D eigenvalue weighted by Crippen LogP contribution is -2.16. The van der Waals surface area contributed by atoms with Gasteiger partial charge in [0.1, 0.15) is 11.5 Å². The minimum Gasteiger partial charge on any atom is -0.496 e. The zero-order valence-electron chi connectivity index (χ0n) is 18.3. The number of methoxy groups -OCH3 is 1. The fourth-order valence-corrected chi connectivity index (χ4v) is 4.25. The highest BCUT2D eigenvalue weighted by atomic mass is 16.5. The number of rotatable bonds is 6. The van der Waals surface area contributed by atoms with E-state index in [1.165, 1.54) is 7.11 Å². The number of fused-ring (bicyclic) bond motifs is 1. The van der Waals surface area contributed by atoms with E-state index < -0.39 is 0 Å². The van der Waals surface area contributed by atoms with Gasteiger partial charge in [0.05, 0.1) is 30.1 Å². The molecule has 4 aromatic heterocycles. The number of nitrogens with one attached hydrogen (secondary N) is 1. The van der Waals surface area contributed by atoms with Crippen LogP contribution in [0.25, 0.3) is 16.8 Å². The third-order valence-electron chi connectivity index (χ3n) is 5.67. The summed E-state index contributed by atoms with van der Waals surface area (Å²) in [6, 6.07) is 5.48. The van der Waals surface area contributed by atoms with Crippen molar-refractivity contribution in [2.45, 2.75) is 40.5 Å². The molecular weight excluding hydrogens is 394 g/mol. The summed E-state index contributed by atoms with van der Waals surface area (Å²) in [4.78, 5) is 28.6. The summed E-state index contributed by atoms with van der Waals surface area (Å²) in [6.45, 7) is 7.61. The molecule has 0 bridgehead atoms. The van der Waals surface area contributed by atoms with Gasteiger partial charge in [-0.2, -0.15) is 5.10 Å². The number of pyridine rings is 1. The van der Waals surface area contributed by atoms with Crippen LogP contribution in [-0.2, 0) is 6.42 Å². The van der Waals surface area contributed by atoms with Crippen LogP contribution >= 0.6 is 0 Å². The largest absolute Gasteiger partial charge is 0.496 e. The first kappa shape index (κ1) is 20.7. The number of nitrogens with zero attached hydrogens (tertiary/aromatic N) is 2. The van der Waals surface area contributed by atoms with Crippen molar-refractivity contribution in [3.63, 3.8) is 0 Å². The molecule has 0 spiro atoms. The third-order valence-corrected chi connectivity index (χ3v) is 5.67. The van der Waals surface area contributed by atoms with Crippen molar-refractivity contribution in [2.75, 3.05) is 7.11 Å². The Morgan fingerprint density at radius 3 is 2.71 bits per heavy atom. The predicted molar refractivity (Wildman–Crippen MR) is 118 cm³/mol. The number of hydrogen-bond acceptors (Lipinski definition) is 5. The van der Waals surface area contributed by atoms with E-state index in [-0.39, 0.29) is 24.2 Å². The van der Waals surface area contributed by atoms with E-state index in [9.17, 15) is 9.59 Å². The molecule has 31 heavy (non-hydrogen) atoms. The second-order valence-electron chi connectivity index (χ2n) is 7.77. The van der Waals surface area contributed by atoms with Gasteiger partial charge in [-0.25, -0.2) is 4.52 Å². The Labute approximate surface area is 179 Å². The van der Waals surface area contributed by atoms with Crippen molar-refractivity contribution in [2.24, 2.45) is 0 Å². The van der Waals surface area contributed by atoms with E-state index >= 15 is 0 Å². The van der Waals surface area contributed by atoms with Crippen LogP contribution in [0, 0.1) is 27.7 Å². The Bertz CT molecular complexity index is 1340. The normalized spacial score (nSPS) is 11.3. The summed E-state index contributed by atoms with van der Waals surface area (Å²) < 4.78 is 12.8. The van der Waals surface area contributed by atoms with Gasteiger partial charge < -0.3 is 14.1 Å². The van der Waals surface area contributed by atoms with Gasteiger partial charge in [-0.15, -0.1) is 0 Å². The molecule has 1 N–H and O–H groups in total. The molecule has 0 radical (unpaired) electrons. The summed E-state index contributed by atoms with van der Waals surface area (Å²) in [5.41, 5.74) is 5.96. The smallest absolute Gasteiger partial charge is 0.255 e. The maximum absolute atomic E-state index is 13.4. The van der Waals surface area contributed by atoms with Crippen LogP contribution in [0.5, 0.6) is 5.75 Å². The lowest BCUT2D eigenvalue weighted by molar-refractivity contribution is 0.0983. The topological polar surface area (TPSA) is 89.6 Å². The maximum atomic E-state index is 13.4. The van der Waals surface area contributed by atoms with Gasteiger partial charge in [0.15, 0.2) is 5.78 Å². The SMILES string of the molecule is COc1cc(C)[nH]c(=O)c1CCC(=O)c1c(C)c(-c2c(C)coc2C)n2ncccc12. The highest BCUT2D eigenvalue weighted by Gasteiger charge is 2.25. The molecule has 0 unspecified atom stereocenters. The van der Waals surface area contributed by atoms with E-state index in [1.54, 1.807) is 30.0 Å². The number of aryl methyl sites for hydroxylation is 3. The van der Waals surface area contributed by atoms with E-state index in [1.807, 2.05) is 32.9 Å². The summed E-state index contributed by atoms with van der Waals surface area (Å²) >= 11 is 0. The number of carbonyl (C=O) groups excluding carboxylic acids is 1. The van der Waals surface area contributed by atoms with Gasteiger partial charge in [-0.3, -0.25) is 9.59 Å². The molecular formula is C24H25N3O4. The molecule has 0 aliphatic heterocycles. The van der Waals surface area contributed by atoms with Gasteiger partial charge >= 0.3 is 0 Å². The van der Waals surface area contributed by atoms with Crippen LogP contribution < -0.4 is 10.3 Å². The maximum Gasteiger partial charge on any atom is 0.255 e. The number of aromatic amines is 1. The Hall–Kier alpha value is -3.61. The molecule has 4 rings (SSSR count). The third kappa shape index (κ3) is 3.46. The molecule has 0 fully saturated rings. The number of hydrogen-bond donors (Lipinski definition) is 1. The van der Waals surface area contributed by atoms with Crippen LogP contribution in [-0.4, -0.2) is 27.5 Å². The average molecular weight is 419 g/mol. The highest BCUT2D eigenvalue weighted by molar-refractivity contribution is 6.06. The van der Waals surface area contributed by atoms with Crippen molar-refractivity contribution >= 4 is 11.3 Å². The first-order valence-electron chi connectivity index (χ1n) is 10.1. The molecule has 160 valence electrons. The minimum atomic E-state index is -0.227. The van der Waals surface area contributed by atoms with Gasteiger partial charge in [0.25, 0.3) is 5.56 Å². The predicted octanol–water partition coefficient (Wildman–Crippen LogP) is 4.34. The van der Waals surface area contributed by atoms with Crippen LogP contribution in [0.4, 0.5) is 0 Å². The molecule has 4 aromatic rings. The number of carbonyl (C=O) groups is 1. The molecule has 4 heterocycles. The fraction of sp³-hybridized carbons (Fsp3) is 0.292. The molecule has 0 saturated heterocycles. The summed E-state index contributed by atoms with van der Waals surface area (Å²) in [5, 5.41) is 4.50. The molecule has 0 aliphatic carbocycles. The number of ether oxygens (including phenoxy) is 1. The number of aromatic nitrogens is 3. The molecule has 0 aromatic carbocycles.